The standard InChI is InChI=1S/C12H23N3O3/c1-12(2)11(17)14(3)6-7-15(12)10(16)9-13-5-8-18-4/h13H,5-9H2,1-4H3. The number of amides is 2. The van der Waals surface area contributed by atoms with Gasteiger partial charge in [-0.05, 0) is 13.8 Å². The van der Waals surface area contributed by atoms with Gasteiger partial charge in [-0.1, -0.05) is 0 Å². The number of rotatable bonds is 5. The van der Waals surface area contributed by atoms with Crippen molar-refractivity contribution in [2.75, 3.05) is 46.9 Å². The monoisotopic (exact) mass is 257 g/mol. The van der Waals surface area contributed by atoms with Crippen LogP contribution in [0.5, 0.6) is 0 Å². The fraction of sp³-hybridized carbons (Fsp3) is 0.833. The molecule has 0 aromatic carbocycles. The number of nitrogens with zero attached hydrogens (tertiary/aromatic N) is 2. The minimum absolute atomic E-state index is 0.0148. The van der Waals surface area contributed by atoms with Gasteiger partial charge in [0.2, 0.25) is 11.8 Å². The summed E-state index contributed by atoms with van der Waals surface area (Å²) in [5.41, 5.74) is -0.757. The molecule has 0 radical (unpaired) electrons. The quantitative estimate of drug-likeness (QED) is 0.662. The van der Waals surface area contributed by atoms with Gasteiger partial charge in [-0.15, -0.1) is 0 Å². The van der Waals surface area contributed by atoms with E-state index < -0.39 is 5.54 Å². The van der Waals surface area contributed by atoms with Crippen molar-refractivity contribution in [1.82, 2.24) is 15.1 Å². The van der Waals surface area contributed by atoms with Gasteiger partial charge in [0.15, 0.2) is 0 Å². The fourth-order valence-electron chi connectivity index (χ4n) is 2.12. The maximum absolute atomic E-state index is 12.1. The largest absolute Gasteiger partial charge is 0.383 e. The van der Waals surface area contributed by atoms with Crippen molar-refractivity contribution in [2.45, 2.75) is 19.4 Å². The Kier molecular flexibility index (Phi) is 5.10. The van der Waals surface area contributed by atoms with E-state index in [9.17, 15) is 9.59 Å². The highest BCUT2D eigenvalue weighted by Crippen LogP contribution is 2.21. The number of likely N-dealkylation sites (N-methyl/N-ethyl adjacent to an activating group) is 1. The van der Waals surface area contributed by atoms with Crippen LogP contribution in [-0.2, 0) is 14.3 Å². The number of hydrogen-bond acceptors (Lipinski definition) is 4. The van der Waals surface area contributed by atoms with Crippen LogP contribution in [0.4, 0.5) is 0 Å². The number of carbonyl (C=O) groups excluding carboxylic acids is 2. The van der Waals surface area contributed by atoms with Gasteiger partial charge in [-0.25, -0.2) is 0 Å². The first-order valence-corrected chi connectivity index (χ1v) is 6.17. The van der Waals surface area contributed by atoms with E-state index in [0.29, 0.717) is 26.2 Å². The molecule has 6 heteroatoms. The summed E-state index contributed by atoms with van der Waals surface area (Å²) in [5.74, 6) is -0.0588. The van der Waals surface area contributed by atoms with Gasteiger partial charge in [0.05, 0.1) is 13.2 Å². The Morgan fingerprint density at radius 3 is 2.72 bits per heavy atom. The molecule has 0 saturated carbocycles. The molecule has 0 spiro atoms. The second kappa shape index (κ2) is 6.15. The minimum Gasteiger partial charge on any atom is -0.383 e. The van der Waals surface area contributed by atoms with Gasteiger partial charge in [0.1, 0.15) is 5.54 Å². The molecule has 1 saturated heterocycles. The molecular weight excluding hydrogens is 234 g/mol. The van der Waals surface area contributed by atoms with E-state index in [4.69, 9.17) is 4.74 Å². The van der Waals surface area contributed by atoms with Gasteiger partial charge in [0.25, 0.3) is 0 Å². The Hall–Kier alpha value is -1.14. The lowest BCUT2D eigenvalue weighted by Gasteiger charge is -2.44. The van der Waals surface area contributed by atoms with E-state index in [0.717, 1.165) is 0 Å². The smallest absolute Gasteiger partial charge is 0.247 e. The van der Waals surface area contributed by atoms with Crippen LogP contribution >= 0.6 is 0 Å². The number of carbonyl (C=O) groups is 2. The second-order valence-electron chi connectivity index (χ2n) is 5.00. The number of piperazine rings is 1. The van der Waals surface area contributed by atoms with E-state index in [1.54, 1.807) is 37.8 Å². The highest BCUT2D eigenvalue weighted by atomic mass is 16.5. The second-order valence-corrected chi connectivity index (χ2v) is 5.00. The lowest BCUT2D eigenvalue weighted by Crippen LogP contribution is -2.64. The molecule has 1 aliphatic rings. The predicted octanol–water partition coefficient (Wildman–Crippen LogP) is -0.698. The Labute approximate surface area is 108 Å². The zero-order valence-corrected chi connectivity index (χ0v) is 11.7. The molecule has 0 atom stereocenters. The van der Waals surface area contributed by atoms with Gasteiger partial charge < -0.3 is 19.9 Å². The van der Waals surface area contributed by atoms with Gasteiger partial charge >= 0.3 is 0 Å². The van der Waals surface area contributed by atoms with Crippen molar-refractivity contribution in [1.29, 1.82) is 0 Å². The third kappa shape index (κ3) is 3.20. The third-order valence-electron chi connectivity index (χ3n) is 3.26. The van der Waals surface area contributed by atoms with Gasteiger partial charge in [-0.2, -0.15) is 0 Å². The van der Waals surface area contributed by atoms with Crippen molar-refractivity contribution in [3.05, 3.63) is 0 Å². The van der Waals surface area contributed by atoms with Crippen LogP contribution in [0.3, 0.4) is 0 Å². The highest BCUT2D eigenvalue weighted by Gasteiger charge is 2.42. The Morgan fingerprint density at radius 1 is 1.44 bits per heavy atom. The Morgan fingerprint density at radius 2 is 2.11 bits per heavy atom. The summed E-state index contributed by atoms with van der Waals surface area (Å²) in [7, 11) is 3.38. The molecule has 104 valence electrons. The van der Waals surface area contributed by atoms with Crippen LogP contribution in [0.1, 0.15) is 13.8 Å². The maximum Gasteiger partial charge on any atom is 0.247 e. The number of hydrogen-bond donors (Lipinski definition) is 1. The zero-order chi connectivity index (χ0) is 13.8. The van der Waals surface area contributed by atoms with Crippen molar-refractivity contribution in [3.63, 3.8) is 0 Å². The van der Waals surface area contributed by atoms with E-state index in [-0.39, 0.29) is 18.4 Å². The average molecular weight is 257 g/mol. The van der Waals surface area contributed by atoms with Crippen LogP contribution in [-0.4, -0.2) is 74.1 Å². The summed E-state index contributed by atoms with van der Waals surface area (Å²) in [6.07, 6.45) is 0. The topological polar surface area (TPSA) is 61.9 Å². The highest BCUT2D eigenvalue weighted by molar-refractivity contribution is 5.92. The summed E-state index contributed by atoms with van der Waals surface area (Å²) in [5, 5.41) is 3.01. The SMILES string of the molecule is COCCNCC(=O)N1CCN(C)C(=O)C1(C)C. The molecule has 1 N–H and O–H groups in total. The average Bonchev–Trinajstić information content (AvgIpc) is 2.31. The number of methoxy groups -OCH3 is 1. The fourth-order valence-corrected chi connectivity index (χ4v) is 2.12. The molecule has 1 fully saturated rings. The van der Waals surface area contributed by atoms with Crippen LogP contribution in [0, 0.1) is 0 Å². The van der Waals surface area contributed by atoms with Crippen LogP contribution < -0.4 is 5.32 Å². The molecule has 0 aromatic rings. The van der Waals surface area contributed by atoms with Crippen LogP contribution in [0.15, 0.2) is 0 Å². The normalized spacial score (nSPS) is 19.2. The zero-order valence-electron chi connectivity index (χ0n) is 11.7. The summed E-state index contributed by atoms with van der Waals surface area (Å²) in [6.45, 7) is 6.19. The number of nitrogens with one attached hydrogen (secondary N) is 1. The summed E-state index contributed by atoms with van der Waals surface area (Å²) in [4.78, 5) is 27.4. The molecule has 2 amide bonds. The lowest BCUT2D eigenvalue weighted by atomic mass is 9.97. The molecule has 6 nitrogen and oxygen atoms in total. The summed E-state index contributed by atoms with van der Waals surface area (Å²) < 4.78 is 4.89. The van der Waals surface area contributed by atoms with Crippen molar-refractivity contribution < 1.29 is 14.3 Å². The lowest BCUT2D eigenvalue weighted by molar-refractivity contribution is -0.156. The van der Waals surface area contributed by atoms with E-state index in [1.165, 1.54) is 0 Å². The molecule has 1 aliphatic heterocycles. The molecule has 0 aromatic heterocycles. The maximum atomic E-state index is 12.1. The molecule has 1 rings (SSSR count). The Bertz CT molecular complexity index is 318. The molecule has 0 aliphatic carbocycles. The van der Waals surface area contributed by atoms with E-state index in [2.05, 4.69) is 5.32 Å². The Balaban J connectivity index is 2.54. The molecule has 0 unspecified atom stereocenters. The van der Waals surface area contributed by atoms with Crippen LogP contribution in [0.25, 0.3) is 0 Å². The van der Waals surface area contributed by atoms with Crippen LogP contribution in [0.2, 0.25) is 0 Å². The van der Waals surface area contributed by atoms with Gasteiger partial charge in [0, 0.05) is 33.8 Å². The summed E-state index contributed by atoms with van der Waals surface area (Å²) >= 11 is 0. The van der Waals surface area contributed by atoms with Crippen molar-refractivity contribution in [2.24, 2.45) is 0 Å². The van der Waals surface area contributed by atoms with E-state index in [1.807, 2.05) is 0 Å². The van der Waals surface area contributed by atoms with E-state index >= 15 is 0 Å². The molecule has 1 heterocycles. The third-order valence-corrected chi connectivity index (χ3v) is 3.26. The predicted molar refractivity (Wildman–Crippen MR) is 68.2 cm³/mol. The van der Waals surface area contributed by atoms with Crippen molar-refractivity contribution >= 4 is 11.8 Å². The van der Waals surface area contributed by atoms with Crippen molar-refractivity contribution in [3.8, 4) is 0 Å². The van der Waals surface area contributed by atoms with Gasteiger partial charge in [-0.3, -0.25) is 9.59 Å². The molecule has 18 heavy (non-hydrogen) atoms. The minimum atomic E-state index is -0.757. The first kappa shape index (κ1) is 14.9. The number of ether oxygens (including phenoxy) is 1. The summed E-state index contributed by atoms with van der Waals surface area (Å²) in [6, 6.07) is 0. The molecule has 0 bridgehead atoms. The first-order chi connectivity index (χ1) is 8.41. The molecular formula is C12H23N3O3. The first-order valence-electron chi connectivity index (χ1n) is 6.17.